The van der Waals surface area contributed by atoms with Gasteiger partial charge in [0.05, 0.1) is 11.5 Å². The van der Waals surface area contributed by atoms with Crippen LogP contribution in [0.25, 0.3) is 0 Å². The van der Waals surface area contributed by atoms with Crippen molar-refractivity contribution in [3.05, 3.63) is 23.8 Å². The Morgan fingerprint density at radius 1 is 1.18 bits per heavy atom. The molecule has 4 rings (SSSR count). The number of hydrogen-bond acceptors (Lipinski definition) is 1. The normalized spacial score (nSPS) is 50.4. The van der Waals surface area contributed by atoms with E-state index in [2.05, 4.69) is 25.5 Å². The fraction of sp³-hybridized carbons (Fsp3) is 0.714. The van der Waals surface area contributed by atoms with E-state index >= 15 is 0 Å². The molecule has 0 saturated heterocycles. The summed E-state index contributed by atoms with van der Waals surface area (Å²) in [6, 6.07) is 0. The quantitative estimate of drug-likeness (QED) is 0.653. The van der Waals surface area contributed by atoms with Crippen molar-refractivity contribution < 1.29 is 5.11 Å². The van der Waals surface area contributed by atoms with Crippen LogP contribution in [-0.4, -0.2) is 11.2 Å². The van der Waals surface area contributed by atoms with Crippen LogP contribution in [0.4, 0.5) is 0 Å². The molecular formula is C21H28O. The lowest BCUT2D eigenvalue weighted by atomic mass is 9.47. The highest BCUT2D eigenvalue weighted by atomic mass is 16.3. The summed E-state index contributed by atoms with van der Waals surface area (Å²) in [6.07, 6.45) is 17.5. The minimum Gasteiger partial charge on any atom is -0.393 e. The Labute approximate surface area is 134 Å². The molecule has 22 heavy (non-hydrogen) atoms. The van der Waals surface area contributed by atoms with Gasteiger partial charge in [-0.1, -0.05) is 36.6 Å². The first-order valence-electron chi connectivity index (χ1n) is 9.06. The van der Waals surface area contributed by atoms with Crippen molar-refractivity contribution in [2.75, 3.05) is 0 Å². The van der Waals surface area contributed by atoms with Crippen LogP contribution in [-0.2, 0) is 0 Å². The molecule has 0 heterocycles. The standard InChI is InChI=1S/C21H28O/c1-4-21-12-9-14(2)13-15(21)5-6-16-17-7-8-19(22)20(17,3)11-10-18(16)21/h1,13,16-19,22H,2,5-12H2,3H3/t16-,17-,18-,19-,20-,21-/m0/s1. The highest BCUT2D eigenvalue weighted by Crippen LogP contribution is 2.65. The minimum atomic E-state index is -0.0942. The third kappa shape index (κ3) is 1.71. The molecule has 1 N–H and O–H groups in total. The highest BCUT2D eigenvalue weighted by Gasteiger charge is 2.59. The van der Waals surface area contributed by atoms with Crippen LogP contribution < -0.4 is 0 Å². The molecule has 0 amide bonds. The Morgan fingerprint density at radius 2 is 2.00 bits per heavy atom. The van der Waals surface area contributed by atoms with Crippen LogP contribution in [0.1, 0.15) is 58.3 Å². The minimum absolute atomic E-state index is 0.00101. The average Bonchev–Trinajstić information content (AvgIpc) is 2.82. The third-order valence-corrected chi connectivity index (χ3v) is 7.82. The van der Waals surface area contributed by atoms with Crippen LogP contribution in [0.3, 0.4) is 0 Å². The predicted octanol–water partition coefficient (Wildman–Crippen LogP) is 4.48. The summed E-state index contributed by atoms with van der Waals surface area (Å²) in [5, 5.41) is 10.5. The number of rotatable bonds is 0. The summed E-state index contributed by atoms with van der Waals surface area (Å²) in [4.78, 5) is 0. The first kappa shape index (κ1) is 14.6. The molecule has 1 nitrogen and oxygen atoms in total. The Morgan fingerprint density at radius 3 is 2.77 bits per heavy atom. The van der Waals surface area contributed by atoms with Crippen molar-refractivity contribution in [1.82, 2.24) is 0 Å². The molecule has 4 aliphatic carbocycles. The van der Waals surface area contributed by atoms with Crippen molar-refractivity contribution in [2.45, 2.75) is 64.4 Å². The zero-order valence-corrected chi connectivity index (χ0v) is 13.8. The van der Waals surface area contributed by atoms with Gasteiger partial charge >= 0.3 is 0 Å². The molecular weight excluding hydrogens is 268 g/mol. The van der Waals surface area contributed by atoms with E-state index in [1.54, 1.807) is 0 Å². The fourth-order valence-electron chi connectivity index (χ4n) is 6.55. The molecule has 3 fully saturated rings. The lowest BCUT2D eigenvalue weighted by molar-refractivity contribution is -0.0644. The van der Waals surface area contributed by atoms with Gasteiger partial charge in [0.25, 0.3) is 0 Å². The van der Waals surface area contributed by atoms with Gasteiger partial charge in [-0.15, -0.1) is 6.42 Å². The summed E-state index contributed by atoms with van der Waals surface area (Å²) in [6.45, 7) is 6.51. The Kier molecular flexibility index (Phi) is 3.15. The number of terminal acetylenes is 1. The van der Waals surface area contributed by atoms with Gasteiger partial charge in [0.2, 0.25) is 0 Å². The monoisotopic (exact) mass is 296 g/mol. The van der Waals surface area contributed by atoms with Crippen LogP contribution in [0.15, 0.2) is 23.8 Å². The zero-order chi connectivity index (χ0) is 15.5. The first-order valence-corrected chi connectivity index (χ1v) is 9.06. The van der Waals surface area contributed by atoms with Gasteiger partial charge in [-0.2, -0.15) is 0 Å². The second-order valence-corrected chi connectivity index (χ2v) is 8.50. The maximum absolute atomic E-state index is 10.5. The van der Waals surface area contributed by atoms with E-state index in [9.17, 15) is 5.11 Å². The van der Waals surface area contributed by atoms with Gasteiger partial charge in [-0.25, -0.2) is 0 Å². The molecule has 0 radical (unpaired) electrons. The van der Waals surface area contributed by atoms with Crippen LogP contribution in [0.5, 0.6) is 0 Å². The van der Waals surface area contributed by atoms with Gasteiger partial charge < -0.3 is 5.11 Å². The van der Waals surface area contributed by atoms with Crippen molar-refractivity contribution in [3.8, 4) is 12.3 Å². The van der Waals surface area contributed by atoms with Crippen LogP contribution >= 0.6 is 0 Å². The van der Waals surface area contributed by atoms with E-state index in [-0.39, 0.29) is 16.9 Å². The van der Waals surface area contributed by atoms with Gasteiger partial charge in [0, 0.05) is 0 Å². The van der Waals surface area contributed by atoms with Crippen LogP contribution in [0.2, 0.25) is 0 Å². The Balaban J connectivity index is 1.73. The Bertz CT molecular complexity index is 579. The number of hydrogen-bond donors (Lipinski definition) is 1. The number of allylic oxidation sites excluding steroid dienone is 3. The maximum atomic E-state index is 10.5. The van der Waals surface area contributed by atoms with E-state index in [1.165, 1.54) is 30.4 Å². The lowest BCUT2D eigenvalue weighted by Crippen LogP contribution is -2.51. The SMILES string of the molecule is C#C[C@]12CCC(=C)C=C1CC[C@H]1[C@@H]3CC[C@H](O)[C@@]3(C)CC[C@@H]12. The third-order valence-electron chi connectivity index (χ3n) is 7.82. The molecule has 1 heteroatoms. The molecule has 4 aliphatic rings. The maximum Gasteiger partial charge on any atom is 0.0596 e. The molecule has 0 bridgehead atoms. The first-order chi connectivity index (χ1) is 10.5. The van der Waals surface area contributed by atoms with Crippen molar-refractivity contribution in [2.24, 2.45) is 28.6 Å². The smallest absolute Gasteiger partial charge is 0.0596 e. The summed E-state index contributed by atoms with van der Waals surface area (Å²) in [7, 11) is 0. The second-order valence-electron chi connectivity index (χ2n) is 8.50. The van der Waals surface area contributed by atoms with Crippen LogP contribution in [0, 0.1) is 40.9 Å². The Hall–Kier alpha value is -1.00. The van der Waals surface area contributed by atoms with E-state index < -0.39 is 0 Å². The van der Waals surface area contributed by atoms with E-state index in [4.69, 9.17) is 6.42 Å². The molecule has 0 aromatic rings. The van der Waals surface area contributed by atoms with Crippen molar-refractivity contribution in [3.63, 3.8) is 0 Å². The van der Waals surface area contributed by atoms with Gasteiger partial charge in [-0.05, 0) is 74.5 Å². The fourth-order valence-corrected chi connectivity index (χ4v) is 6.55. The highest BCUT2D eigenvalue weighted by molar-refractivity contribution is 5.40. The summed E-state index contributed by atoms with van der Waals surface area (Å²) < 4.78 is 0. The number of fused-ring (bicyclic) bond motifs is 5. The molecule has 0 aromatic heterocycles. The van der Waals surface area contributed by atoms with E-state index in [0.717, 1.165) is 38.0 Å². The van der Waals surface area contributed by atoms with E-state index in [1.807, 2.05) is 0 Å². The van der Waals surface area contributed by atoms with Crippen molar-refractivity contribution >= 4 is 0 Å². The zero-order valence-electron chi connectivity index (χ0n) is 13.8. The molecule has 0 unspecified atom stereocenters. The molecule has 0 aliphatic heterocycles. The molecule has 0 aromatic carbocycles. The predicted molar refractivity (Wildman–Crippen MR) is 90.0 cm³/mol. The lowest BCUT2D eigenvalue weighted by Gasteiger charge is -2.57. The summed E-state index contributed by atoms with van der Waals surface area (Å²) >= 11 is 0. The summed E-state index contributed by atoms with van der Waals surface area (Å²) in [5.74, 6) is 5.30. The molecule has 118 valence electrons. The molecule has 0 spiro atoms. The largest absolute Gasteiger partial charge is 0.393 e. The summed E-state index contributed by atoms with van der Waals surface area (Å²) in [5.41, 5.74) is 2.90. The molecule has 6 atom stereocenters. The van der Waals surface area contributed by atoms with Gasteiger partial charge in [0.1, 0.15) is 0 Å². The second kappa shape index (κ2) is 4.75. The molecule has 3 saturated carbocycles. The van der Waals surface area contributed by atoms with Gasteiger partial charge in [-0.3, -0.25) is 0 Å². The van der Waals surface area contributed by atoms with Crippen molar-refractivity contribution in [1.29, 1.82) is 0 Å². The number of aliphatic hydroxyl groups is 1. The number of aliphatic hydroxyl groups excluding tert-OH is 1. The van der Waals surface area contributed by atoms with E-state index in [0.29, 0.717) is 11.8 Å². The topological polar surface area (TPSA) is 20.2 Å². The average molecular weight is 296 g/mol. The van der Waals surface area contributed by atoms with Gasteiger partial charge in [0.15, 0.2) is 0 Å².